The normalized spacial score (nSPS) is 14.0. The summed E-state index contributed by atoms with van der Waals surface area (Å²) in [5, 5.41) is 2.05. The Balaban J connectivity index is 0.00000631. The Kier molecular flexibility index (Phi) is 8.66. The first-order valence-corrected chi connectivity index (χ1v) is 22.8. The van der Waals surface area contributed by atoms with Crippen LogP contribution in [0.1, 0.15) is 69.2 Å². The van der Waals surface area contributed by atoms with Crippen LogP contribution >= 0.6 is 0 Å². The number of hydrogen-bond donors (Lipinski definition) is 0. The number of fused-ring (bicyclic) bond motifs is 10. The van der Waals surface area contributed by atoms with E-state index >= 15 is 0 Å². The first kappa shape index (κ1) is 35.8. The quantitative estimate of drug-likeness (QED) is 0.127. The number of ether oxygens (including phenoxy) is 1. The van der Waals surface area contributed by atoms with Gasteiger partial charge in [-0.3, -0.25) is 4.57 Å². The Hall–Kier alpha value is -7.33. The number of aromatic nitrogens is 4. The molecule has 4 heterocycles. The SMILES string of the molecule is [2H]c1c([2H])c([2H])c(-c2cc3c4c(c2)n(-c2[c-]c(Oc5[c-]c6c(cc5)c5ccccc5n6-c5cc(C(C)(C)C)ccn5)ccc2)[c-][n+]4-c2c(cc(C([2H])([2H])[2H])cc2C(C)(C)C)-c2ccccc2-c2ccccc2-3)c([2H])c1[2H].[Pt]. The van der Waals surface area contributed by atoms with Gasteiger partial charge in [0, 0.05) is 48.4 Å². The van der Waals surface area contributed by atoms with Crippen molar-refractivity contribution in [2.75, 3.05) is 0 Å². The van der Waals surface area contributed by atoms with Gasteiger partial charge in [0.1, 0.15) is 5.82 Å². The first-order valence-electron chi connectivity index (χ1n) is 26.8. The summed E-state index contributed by atoms with van der Waals surface area (Å²) < 4.78 is 83.3. The summed E-state index contributed by atoms with van der Waals surface area (Å²) in [5.74, 6) is 1.60. The smallest absolute Gasteiger partial charge is 0.268 e. The monoisotopic (exact) mass is 1080 g/mol. The molecule has 6 heteroatoms. The summed E-state index contributed by atoms with van der Waals surface area (Å²) >= 11 is 0. The van der Waals surface area contributed by atoms with Gasteiger partial charge in [-0.05, 0) is 109 Å². The fraction of sp³-hybridized carbons (Fsp3) is 0.143. The molecule has 11 aromatic rings. The maximum atomic E-state index is 9.21. The zero-order valence-corrected chi connectivity index (χ0v) is 41.1. The van der Waals surface area contributed by atoms with Crippen molar-refractivity contribution in [3.05, 3.63) is 211 Å². The zero-order valence-electron chi connectivity index (χ0n) is 46.9. The molecule has 0 N–H and O–H groups in total. The fourth-order valence-electron chi connectivity index (χ4n) is 9.80. The van der Waals surface area contributed by atoms with Crippen molar-refractivity contribution < 1.29 is 41.3 Å². The van der Waals surface area contributed by atoms with E-state index in [0.29, 0.717) is 44.9 Å². The van der Waals surface area contributed by atoms with Crippen molar-refractivity contribution in [3.8, 4) is 73.2 Å². The number of aryl methyl sites for hydroxylation is 1. The van der Waals surface area contributed by atoms with Crippen LogP contribution in [0.15, 0.2) is 176 Å². The van der Waals surface area contributed by atoms with Crippen molar-refractivity contribution in [2.45, 2.75) is 59.2 Å². The van der Waals surface area contributed by atoms with Gasteiger partial charge < -0.3 is 13.9 Å². The van der Waals surface area contributed by atoms with Gasteiger partial charge in [-0.2, -0.15) is 18.2 Å². The zero-order chi connectivity index (χ0) is 53.3. The average Bonchev–Trinajstić information content (AvgIpc) is 3.98. The third kappa shape index (κ3) is 7.52. The number of para-hydroxylation sites is 1. The summed E-state index contributed by atoms with van der Waals surface area (Å²) in [6, 6.07) is 50.2. The molecule has 0 radical (unpaired) electrons. The molecule has 69 heavy (non-hydrogen) atoms. The Morgan fingerprint density at radius 3 is 2.03 bits per heavy atom. The molecule has 0 atom stereocenters. The van der Waals surface area contributed by atoms with Gasteiger partial charge in [0.2, 0.25) is 0 Å². The minimum Gasteiger partial charge on any atom is -0.510 e. The maximum absolute atomic E-state index is 9.21. The van der Waals surface area contributed by atoms with E-state index in [-0.39, 0.29) is 49.7 Å². The standard InChI is InChI=1S/C63H50N4O.Pt/c1-40-32-53-49-24-13-11-22-47(49)48-23-12-14-25-50(48)54-34-42(41-18-9-8-10-19-41)35-58-61(54)66(60(53)55(33-40)63(5,6)7)39-65(58)44-20-17-21-45(37-44)68-46-28-29-52-51-26-15-16-27-56(51)67(57(52)38-46)59-36-43(30-31-64-59)62(2,3)4;/h8-36H,1-7H3;/q-2;/i1D3,8D,9D,10D,18D,19D;. The molecule has 0 bridgehead atoms. The number of nitrogens with zero attached hydrogens (tertiary/aromatic N) is 4. The van der Waals surface area contributed by atoms with Crippen molar-refractivity contribution in [1.82, 2.24) is 14.1 Å². The number of imidazole rings is 1. The van der Waals surface area contributed by atoms with Gasteiger partial charge in [0.05, 0.1) is 23.6 Å². The second-order valence-electron chi connectivity index (χ2n) is 19.5. The van der Waals surface area contributed by atoms with E-state index in [4.69, 9.17) is 17.9 Å². The molecule has 0 spiro atoms. The summed E-state index contributed by atoms with van der Waals surface area (Å²) in [6.07, 6.45) is 5.58. The van der Waals surface area contributed by atoms with Crippen molar-refractivity contribution in [1.29, 1.82) is 0 Å². The third-order valence-corrected chi connectivity index (χ3v) is 13.0. The summed E-state index contributed by atoms with van der Waals surface area (Å²) in [7, 11) is 0. The largest absolute Gasteiger partial charge is 0.510 e. The van der Waals surface area contributed by atoms with Crippen LogP contribution in [0.5, 0.6) is 11.5 Å². The van der Waals surface area contributed by atoms with Crippen LogP contribution in [0, 0.1) is 25.3 Å². The molecule has 12 rings (SSSR count). The summed E-state index contributed by atoms with van der Waals surface area (Å²) in [6.45, 7) is 10.3. The topological polar surface area (TPSA) is 35.9 Å². The maximum Gasteiger partial charge on any atom is 0.268 e. The average molecular weight is 1080 g/mol. The molecule has 5 nitrogen and oxygen atoms in total. The van der Waals surface area contributed by atoms with Crippen LogP contribution < -0.4 is 9.30 Å². The molecular weight excluding hydrogens is 1020 g/mol. The molecule has 0 fully saturated rings. The molecule has 1 aliphatic heterocycles. The van der Waals surface area contributed by atoms with E-state index < -0.39 is 30.4 Å². The van der Waals surface area contributed by atoms with E-state index in [1.54, 1.807) is 12.1 Å². The van der Waals surface area contributed by atoms with E-state index in [2.05, 4.69) is 82.8 Å². The van der Waals surface area contributed by atoms with Gasteiger partial charge >= 0.3 is 0 Å². The number of benzene rings is 8. The van der Waals surface area contributed by atoms with Crippen LogP contribution in [-0.4, -0.2) is 14.1 Å². The van der Waals surface area contributed by atoms with Gasteiger partial charge in [-0.15, -0.1) is 29.7 Å². The number of hydrogen-bond acceptors (Lipinski definition) is 2. The minimum absolute atomic E-state index is 0. The number of pyridine rings is 1. The van der Waals surface area contributed by atoms with Crippen LogP contribution in [-0.2, 0) is 31.9 Å². The molecule has 3 aromatic heterocycles. The predicted molar refractivity (Wildman–Crippen MR) is 277 cm³/mol. The van der Waals surface area contributed by atoms with Gasteiger partial charge in [0.25, 0.3) is 6.33 Å². The molecule has 8 aromatic carbocycles. The van der Waals surface area contributed by atoms with Gasteiger partial charge in [0.15, 0.2) is 0 Å². The van der Waals surface area contributed by atoms with E-state index in [9.17, 15) is 2.74 Å². The molecule has 0 amide bonds. The second-order valence-corrected chi connectivity index (χ2v) is 19.5. The van der Waals surface area contributed by atoms with Gasteiger partial charge in [-0.1, -0.05) is 168 Å². The van der Waals surface area contributed by atoms with Crippen LogP contribution in [0.25, 0.3) is 94.5 Å². The van der Waals surface area contributed by atoms with E-state index in [1.807, 2.05) is 125 Å². The third-order valence-electron chi connectivity index (χ3n) is 13.0. The van der Waals surface area contributed by atoms with Crippen LogP contribution in [0.4, 0.5) is 0 Å². The second kappa shape index (κ2) is 16.7. The van der Waals surface area contributed by atoms with Crippen molar-refractivity contribution in [3.63, 3.8) is 0 Å². The van der Waals surface area contributed by atoms with Crippen molar-refractivity contribution >= 4 is 32.8 Å². The molecule has 0 unspecified atom stereocenters. The minimum atomic E-state index is -2.44. The predicted octanol–water partition coefficient (Wildman–Crippen LogP) is 15.5. The molecule has 0 saturated heterocycles. The van der Waals surface area contributed by atoms with E-state index in [0.717, 1.165) is 66.7 Å². The van der Waals surface area contributed by atoms with E-state index in [1.165, 1.54) is 0 Å². The molecule has 340 valence electrons. The van der Waals surface area contributed by atoms with Crippen LogP contribution in [0.3, 0.4) is 0 Å². The molecule has 1 aliphatic rings. The molecule has 0 aliphatic carbocycles. The Bertz CT molecular complexity index is 4210. The Labute approximate surface area is 429 Å². The molecule has 0 saturated carbocycles. The summed E-state index contributed by atoms with van der Waals surface area (Å²) in [5.41, 5.74) is 10.9. The Morgan fingerprint density at radius 2 is 1.30 bits per heavy atom. The van der Waals surface area contributed by atoms with Crippen molar-refractivity contribution in [2.24, 2.45) is 0 Å². The number of rotatable bonds is 5. The Morgan fingerprint density at radius 1 is 0.609 bits per heavy atom. The molecular formula is C63H50N4OPt-2. The summed E-state index contributed by atoms with van der Waals surface area (Å²) in [4.78, 5) is 4.85. The van der Waals surface area contributed by atoms with Gasteiger partial charge in [-0.25, -0.2) is 4.98 Å². The van der Waals surface area contributed by atoms with Crippen LogP contribution in [0.2, 0.25) is 0 Å². The first-order chi connectivity index (χ1) is 36.2. The fourth-order valence-corrected chi connectivity index (χ4v) is 9.80.